The number of nitrogens with one attached hydrogen (secondary N) is 1. The maximum atomic E-state index is 12.7. The molecule has 0 unspecified atom stereocenters. The molecule has 0 radical (unpaired) electrons. The number of fused-ring (bicyclic) bond motifs is 1. The number of rotatable bonds is 4. The van der Waals surface area contributed by atoms with E-state index in [0.717, 1.165) is 35.4 Å². The number of benzene rings is 3. The van der Waals surface area contributed by atoms with Crippen LogP contribution in [0, 0.1) is 0 Å². The van der Waals surface area contributed by atoms with Crippen molar-refractivity contribution in [2.75, 3.05) is 23.3 Å². The predicted molar refractivity (Wildman–Crippen MR) is 115 cm³/mol. The Hall–Kier alpha value is -2.85. The monoisotopic (exact) mass is 374 g/mol. The molecule has 1 fully saturated rings. The summed E-state index contributed by atoms with van der Waals surface area (Å²) in [6.07, 6.45) is 0.699. The summed E-state index contributed by atoms with van der Waals surface area (Å²) in [5, 5.41) is 5.46. The Kier molecular flexibility index (Phi) is 5.31. The average molecular weight is 374 g/mol. The zero-order valence-corrected chi connectivity index (χ0v) is 16.4. The second-order valence-electron chi connectivity index (χ2n) is 7.59. The highest BCUT2D eigenvalue weighted by Crippen LogP contribution is 2.28. The second kappa shape index (κ2) is 8.03. The Bertz CT molecular complexity index is 975. The van der Waals surface area contributed by atoms with Crippen molar-refractivity contribution in [2.45, 2.75) is 32.5 Å². The molecular weight excluding hydrogens is 348 g/mol. The number of para-hydroxylation sites is 2. The van der Waals surface area contributed by atoms with Crippen LogP contribution >= 0.6 is 0 Å². The highest BCUT2D eigenvalue weighted by molar-refractivity contribution is 5.96. The van der Waals surface area contributed by atoms with Gasteiger partial charge >= 0.3 is 0 Å². The van der Waals surface area contributed by atoms with E-state index in [-0.39, 0.29) is 18.1 Å². The fourth-order valence-corrected chi connectivity index (χ4v) is 3.96. The molecule has 0 aromatic heterocycles. The van der Waals surface area contributed by atoms with E-state index in [1.165, 1.54) is 5.39 Å². The lowest BCUT2D eigenvalue weighted by atomic mass is 10.0. The minimum absolute atomic E-state index is 0.00270. The van der Waals surface area contributed by atoms with Crippen LogP contribution in [0.3, 0.4) is 0 Å². The molecule has 1 amide bonds. The van der Waals surface area contributed by atoms with Gasteiger partial charge in [0.1, 0.15) is 0 Å². The maximum Gasteiger partial charge on any atom is 0.228 e. The average Bonchev–Trinajstić information content (AvgIpc) is 2.67. The Morgan fingerprint density at radius 1 is 0.964 bits per heavy atom. The van der Waals surface area contributed by atoms with E-state index < -0.39 is 0 Å². The van der Waals surface area contributed by atoms with Crippen LogP contribution in [-0.2, 0) is 16.0 Å². The van der Waals surface area contributed by atoms with Crippen molar-refractivity contribution < 1.29 is 9.53 Å². The fourth-order valence-electron chi connectivity index (χ4n) is 3.96. The molecular formula is C24H26N2O2. The van der Waals surface area contributed by atoms with Gasteiger partial charge in [0, 0.05) is 13.1 Å². The number of carbonyl (C=O) groups is 1. The molecule has 4 nitrogen and oxygen atoms in total. The highest BCUT2D eigenvalue weighted by atomic mass is 16.5. The smallest absolute Gasteiger partial charge is 0.228 e. The van der Waals surface area contributed by atoms with E-state index in [1.807, 2.05) is 36.4 Å². The van der Waals surface area contributed by atoms with E-state index in [0.29, 0.717) is 6.42 Å². The van der Waals surface area contributed by atoms with E-state index in [9.17, 15) is 4.79 Å². The summed E-state index contributed by atoms with van der Waals surface area (Å²) < 4.78 is 5.84. The van der Waals surface area contributed by atoms with Gasteiger partial charge in [-0.3, -0.25) is 4.79 Å². The maximum absolute atomic E-state index is 12.7. The first-order valence-electron chi connectivity index (χ1n) is 9.85. The number of hydrogen-bond donors (Lipinski definition) is 1. The largest absolute Gasteiger partial charge is 0.372 e. The molecule has 4 rings (SSSR count). The molecule has 1 aliphatic rings. The van der Waals surface area contributed by atoms with Crippen molar-refractivity contribution in [3.8, 4) is 0 Å². The molecule has 4 heteroatoms. The van der Waals surface area contributed by atoms with Crippen molar-refractivity contribution in [3.05, 3.63) is 72.3 Å². The number of nitrogens with zero attached hydrogens (tertiary/aromatic N) is 1. The minimum Gasteiger partial charge on any atom is -0.372 e. The van der Waals surface area contributed by atoms with Crippen molar-refractivity contribution in [3.63, 3.8) is 0 Å². The van der Waals surface area contributed by atoms with Gasteiger partial charge in [0.05, 0.1) is 30.0 Å². The lowest BCUT2D eigenvalue weighted by Crippen LogP contribution is -2.45. The quantitative estimate of drug-likeness (QED) is 0.724. The fraction of sp³-hybridized carbons (Fsp3) is 0.292. The summed E-state index contributed by atoms with van der Waals surface area (Å²) >= 11 is 0. The third kappa shape index (κ3) is 4.18. The van der Waals surface area contributed by atoms with Crippen molar-refractivity contribution >= 4 is 28.1 Å². The first kappa shape index (κ1) is 18.5. The summed E-state index contributed by atoms with van der Waals surface area (Å²) in [5.41, 5.74) is 2.92. The zero-order valence-electron chi connectivity index (χ0n) is 16.4. The first-order valence-corrected chi connectivity index (χ1v) is 9.85. The third-order valence-electron chi connectivity index (χ3n) is 5.12. The predicted octanol–water partition coefficient (Wildman–Crippen LogP) is 4.63. The highest BCUT2D eigenvalue weighted by Gasteiger charge is 2.24. The normalized spacial score (nSPS) is 19.6. The van der Waals surface area contributed by atoms with Gasteiger partial charge in [-0.15, -0.1) is 0 Å². The summed E-state index contributed by atoms with van der Waals surface area (Å²) in [7, 11) is 0. The Balaban J connectivity index is 1.50. The molecule has 1 saturated heterocycles. The number of anilines is 2. The summed E-state index contributed by atoms with van der Waals surface area (Å²) in [6.45, 7) is 5.82. The lowest BCUT2D eigenvalue weighted by molar-refractivity contribution is -0.115. The van der Waals surface area contributed by atoms with E-state index in [2.05, 4.69) is 54.4 Å². The Morgan fingerprint density at radius 2 is 1.64 bits per heavy atom. The lowest BCUT2D eigenvalue weighted by Gasteiger charge is -2.37. The standard InChI is InChI=1S/C24H26N2O2/c1-17-15-26(16-18(2)28-17)23-10-6-5-9-22(23)25-24(27)14-19-11-12-20-7-3-4-8-21(20)13-19/h3-13,17-18H,14-16H2,1-2H3,(H,25,27)/t17-,18+. The van der Waals surface area contributed by atoms with Crippen LogP contribution in [0.15, 0.2) is 66.7 Å². The van der Waals surface area contributed by atoms with Crippen molar-refractivity contribution in [1.29, 1.82) is 0 Å². The van der Waals surface area contributed by atoms with Crippen LogP contribution < -0.4 is 10.2 Å². The van der Waals surface area contributed by atoms with Crippen LogP contribution in [0.1, 0.15) is 19.4 Å². The van der Waals surface area contributed by atoms with Crippen molar-refractivity contribution in [2.24, 2.45) is 0 Å². The molecule has 1 heterocycles. The Labute approximate surface area is 166 Å². The SMILES string of the molecule is C[C@@H]1CN(c2ccccc2NC(=O)Cc2ccc3ccccc3c2)C[C@H](C)O1. The van der Waals surface area contributed by atoms with Gasteiger partial charge in [-0.05, 0) is 42.3 Å². The van der Waals surface area contributed by atoms with Crippen LogP contribution in [0.2, 0.25) is 0 Å². The molecule has 0 spiro atoms. The van der Waals surface area contributed by atoms with Gasteiger partial charge < -0.3 is 15.0 Å². The van der Waals surface area contributed by atoms with Crippen LogP contribution in [0.4, 0.5) is 11.4 Å². The van der Waals surface area contributed by atoms with E-state index in [4.69, 9.17) is 4.74 Å². The van der Waals surface area contributed by atoms with Gasteiger partial charge in [0.15, 0.2) is 0 Å². The first-order chi connectivity index (χ1) is 13.6. The van der Waals surface area contributed by atoms with Crippen LogP contribution in [0.25, 0.3) is 10.8 Å². The molecule has 0 aliphatic carbocycles. The second-order valence-corrected chi connectivity index (χ2v) is 7.59. The molecule has 2 atom stereocenters. The molecule has 0 saturated carbocycles. The van der Waals surface area contributed by atoms with Gasteiger partial charge in [-0.1, -0.05) is 54.6 Å². The van der Waals surface area contributed by atoms with Gasteiger partial charge in [-0.2, -0.15) is 0 Å². The molecule has 3 aromatic rings. The molecule has 1 aliphatic heterocycles. The molecule has 144 valence electrons. The summed E-state index contributed by atoms with van der Waals surface area (Å²) in [4.78, 5) is 15.0. The Morgan fingerprint density at radius 3 is 2.43 bits per heavy atom. The van der Waals surface area contributed by atoms with E-state index >= 15 is 0 Å². The number of amides is 1. The minimum atomic E-state index is -0.00270. The molecule has 3 aromatic carbocycles. The van der Waals surface area contributed by atoms with Gasteiger partial charge in [0.2, 0.25) is 5.91 Å². The molecule has 0 bridgehead atoms. The number of ether oxygens (including phenoxy) is 1. The van der Waals surface area contributed by atoms with Gasteiger partial charge in [0.25, 0.3) is 0 Å². The molecule has 1 N–H and O–H groups in total. The molecule has 28 heavy (non-hydrogen) atoms. The topological polar surface area (TPSA) is 41.6 Å². The van der Waals surface area contributed by atoms with E-state index in [1.54, 1.807) is 0 Å². The van der Waals surface area contributed by atoms with Crippen molar-refractivity contribution in [1.82, 2.24) is 0 Å². The van der Waals surface area contributed by atoms with Crippen LogP contribution in [-0.4, -0.2) is 31.2 Å². The number of hydrogen-bond acceptors (Lipinski definition) is 3. The summed E-state index contributed by atoms with van der Waals surface area (Å²) in [5.74, 6) is -0.00270. The van der Waals surface area contributed by atoms with Crippen LogP contribution in [0.5, 0.6) is 0 Å². The van der Waals surface area contributed by atoms with Gasteiger partial charge in [-0.25, -0.2) is 0 Å². The third-order valence-corrected chi connectivity index (χ3v) is 5.12. The number of morpholine rings is 1. The number of carbonyl (C=O) groups excluding carboxylic acids is 1. The summed E-state index contributed by atoms with van der Waals surface area (Å²) in [6, 6.07) is 22.4. The zero-order chi connectivity index (χ0) is 19.5.